The zero-order valence-electron chi connectivity index (χ0n) is 9.67. The molecule has 0 amide bonds. The second-order valence-corrected chi connectivity index (χ2v) is 4.48. The molecule has 0 bridgehead atoms. The molecule has 2 aromatic rings. The minimum absolute atomic E-state index is 0.495. The van der Waals surface area contributed by atoms with E-state index in [2.05, 4.69) is 10.2 Å². The molecule has 0 radical (unpaired) electrons. The van der Waals surface area contributed by atoms with Gasteiger partial charge >= 0.3 is 0 Å². The Bertz CT molecular complexity index is 516. The van der Waals surface area contributed by atoms with Crippen molar-refractivity contribution in [2.24, 2.45) is 11.7 Å². The molecule has 1 atom stereocenters. The van der Waals surface area contributed by atoms with Gasteiger partial charge in [-0.3, -0.25) is 4.40 Å². The lowest BCUT2D eigenvalue weighted by Crippen LogP contribution is -2.07. The molecule has 1 unspecified atom stereocenters. The number of nitrogens with two attached hydrogens (primary N) is 1. The van der Waals surface area contributed by atoms with E-state index < -0.39 is 0 Å². The molecule has 2 N–H and O–H groups in total. The molecule has 17 heavy (non-hydrogen) atoms. The van der Waals surface area contributed by atoms with Crippen molar-refractivity contribution in [1.29, 1.82) is 0 Å². The first kappa shape index (κ1) is 10.7. The van der Waals surface area contributed by atoms with Crippen molar-refractivity contribution in [3.05, 3.63) is 29.7 Å². The molecule has 2 aromatic heterocycles. The largest absolute Gasteiger partial charge is 0.381 e. The quantitative estimate of drug-likeness (QED) is 0.848. The van der Waals surface area contributed by atoms with Crippen LogP contribution >= 0.6 is 0 Å². The molecule has 5 nitrogen and oxygen atoms in total. The number of ether oxygens (including phenoxy) is 1. The number of aromatic nitrogens is 3. The third-order valence-electron chi connectivity index (χ3n) is 3.30. The van der Waals surface area contributed by atoms with Crippen LogP contribution in [-0.2, 0) is 17.7 Å². The number of nitrogens with zero attached hydrogens (tertiary/aromatic N) is 3. The van der Waals surface area contributed by atoms with E-state index in [0.29, 0.717) is 12.5 Å². The van der Waals surface area contributed by atoms with Gasteiger partial charge in [0.1, 0.15) is 5.82 Å². The smallest absolute Gasteiger partial charge is 0.165 e. The Balaban J connectivity index is 1.94. The van der Waals surface area contributed by atoms with Crippen molar-refractivity contribution < 1.29 is 4.74 Å². The molecule has 1 saturated heterocycles. The lowest BCUT2D eigenvalue weighted by Gasteiger charge is -2.06. The number of rotatable bonds is 3. The lowest BCUT2D eigenvalue weighted by molar-refractivity contribution is 0.185. The van der Waals surface area contributed by atoms with Crippen molar-refractivity contribution in [1.82, 2.24) is 14.6 Å². The van der Waals surface area contributed by atoms with Crippen LogP contribution in [0.2, 0.25) is 0 Å². The van der Waals surface area contributed by atoms with Gasteiger partial charge in [-0.2, -0.15) is 0 Å². The minimum atomic E-state index is 0.495. The Labute approximate surface area is 99.6 Å². The summed E-state index contributed by atoms with van der Waals surface area (Å²) in [6.07, 6.45) is 4.04. The molecule has 0 spiro atoms. The minimum Gasteiger partial charge on any atom is -0.381 e. The van der Waals surface area contributed by atoms with E-state index in [1.165, 1.54) is 0 Å². The van der Waals surface area contributed by atoms with E-state index in [4.69, 9.17) is 10.5 Å². The summed E-state index contributed by atoms with van der Waals surface area (Å²) >= 11 is 0. The second kappa shape index (κ2) is 4.43. The first-order chi connectivity index (χ1) is 8.38. The average molecular weight is 232 g/mol. The molecule has 0 saturated carbocycles. The van der Waals surface area contributed by atoms with Crippen LogP contribution in [0.5, 0.6) is 0 Å². The zero-order chi connectivity index (χ0) is 11.7. The maximum Gasteiger partial charge on any atom is 0.165 e. The lowest BCUT2D eigenvalue weighted by atomic mass is 10.1. The van der Waals surface area contributed by atoms with Crippen LogP contribution in [0.1, 0.15) is 17.8 Å². The highest BCUT2D eigenvalue weighted by Crippen LogP contribution is 2.18. The van der Waals surface area contributed by atoms with Gasteiger partial charge in [-0.05, 0) is 18.4 Å². The summed E-state index contributed by atoms with van der Waals surface area (Å²) in [5, 5.41) is 8.49. The zero-order valence-corrected chi connectivity index (χ0v) is 9.67. The highest BCUT2D eigenvalue weighted by atomic mass is 16.5. The SMILES string of the molecule is NCc1cccn2c(CC3CCOC3)nnc12. The molecule has 3 heterocycles. The maximum atomic E-state index is 5.69. The Morgan fingerprint density at radius 3 is 3.18 bits per heavy atom. The van der Waals surface area contributed by atoms with Crippen molar-refractivity contribution in [2.75, 3.05) is 13.2 Å². The molecule has 0 aromatic carbocycles. The standard InChI is InChI=1S/C12H16N4O/c13-7-10-2-1-4-16-11(14-15-12(10)16)6-9-3-5-17-8-9/h1-2,4,9H,3,5-8,13H2. The third-order valence-corrected chi connectivity index (χ3v) is 3.30. The first-order valence-corrected chi connectivity index (χ1v) is 5.98. The topological polar surface area (TPSA) is 65.4 Å². The Morgan fingerprint density at radius 1 is 1.47 bits per heavy atom. The molecule has 1 fully saturated rings. The number of fused-ring (bicyclic) bond motifs is 1. The van der Waals surface area contributed by atoms with Crippen LogP contribution in [0.4, 0.5) is 0 Å². The Hall–Kier alpha value is -1.46. The van der Waals surface area contributed by atoms with Gasteiger partial charge in [-0.25, -0.2) is 0 Å². The third kappa shape index (κ3) is 1.92. The van der Waals surface area contributed by atoms with E-state index in [9.17, 15) is 0 Å². The van der Waals surface area contributed by atoms with Crippen molar-refractivity contribution in [3.8, 4) is 0 Å². The predicted octanol–water partition coefficient (Wildman–Crippen LogP) is 0.767. The molecule has 0 aliphatic carbocycles. The van der Waals surface area contributed by atoms with E-state index in [1.807, 2.05) is 22.7 Å². The van der Waals surface area contributed by atoms with Gasteiger partial charge in [0.15, 0.2) is 5.65 Å². The fourth-order valence-electron chi connectivity index (χ4n) is 2.32. The summed E-state index contributed by atoms with van der Waals surface area (Å²) in [5.74, 6) is 1.58. The highest BCUT2D eigenvalue weighted by molar-refractivity contribution is 5.47. The summed E-state index contributed by atoms with van der Waals surface area (Å²) in [6.45, 7) is 2.20. The molecule has 1 aliphatic rings. The summed E-state index contributed by atoms with van der Waals surface area (Å²) in [7, 11) is 0. The van der Waals surface area contributed by atoms with Crippen LogP contribution in [0, 0.1) is 5.92 Å². The monoisotopic (exact) mass is 232 g/mol. The van der Waals surface area contributed by atoms with Gasteiger partial charge in [0.05, 0.1) is 0 Å². The summed E-state index contributed by atoms with van der Waals surface area (Å²) in [6, 6.07) is 3.99. The fraction of sp³-hybridized carbons (Fsp3) is 0.500. The molecular weight excluding hydrogens is 216 g/mol. The van der Waals surface area contributed by atoms with Crippen LogP contribution < -0.4 is 5.73 Å². The second-order valence-electron chi connectivity index (χ2n) is 4.48. The summed E-state index contributed by atoms with van der Waals surface area (Å²) in [4.78, 5) is 0. The Kier molecular flexibility index (Phi) is 2.78. The Morgan fingerprint density at radius 2 is 2.41 bits per heavy atom. The van der Waals surface area contributed by atoms with E-state index in [-0.39, 0.29) is 0 Å². The van der Waals surface area contributed by atoms with Gasteiger partial charge in [-0.1, -0.05) is 6.07 Å². The predicted molar refractivity (Wildman–Crippen MR) is 63.5 cm³/mol. The summed E-state index contributed by atoms with van der Waals surface area (Å²) < 4.78 is 7.43. The maximum absolute atomic E-state index is 5.69. The van der Waals surface area contributed by atoms with Crippen molar-refractivity contribution in [2.45, 2.75) is 19.4 Å². The van der Waals surface area contributed by atoms with E-state index in [0.717, 1.165) is 43.1 Å². The van der Waals surface area contributed by atoms with Gasteiger partial charge in [0, 0.05) is 37.9 Å². The first-order valence-electron chi connectivity index (χ1n) is 5.98. The van der Waals surface area contributed by atoms with Crippen LogP contribution in [-0.4, -0.2) is 27.8 Å². The molecule has 1 aliphatic heterocycles. The molecule has 3 rings (SSSR count). The molecule has 90 valence electrons. The summed E-state index contributed by atoms with van der Waals surface area (Å²) in [5.41, 5.74) is 7.60. The van der Waals surface area contributed by atoms with Crippen molar-refractivity contribution >= 4 is 5.65 Å². The fourth-order valence-corrected chi connectivity index (χ4v) is 2.32. The molecular formula is C12H16N4O. The van der Waals surface area contributed by atoms with Gasteiger partial charge in [0.2, 0.25) is 0 Å². The molecule has 5 heteroatoms. The van der Waals surface area contributed by atoms with E-state index in [1.54, 1.807) is 0 Å². The van der Waals surface area contributed by atoms with Gasteiger partial charge in [0.25, 0.3) is 0 Å². The average Bonchev–Trinajstić information content (AvgIpc) is 2.99. The number of hydrogen-bond donors (Lipinski definition) is 1. The number of pyridine rings is 1. The van der Waals surface area contributed by atoms with Crippen LogP contribution in [0.25, 0.3) is 5.65 Å². The van der Waals surface area contributed by atoms with Gasteiger partial charge in [-0.15, -0.1) is 10.2 Å². The van der Waals surface area contributed by atoms with Crippen LogP contribution in [0.3, 0.4) is 0 Å². The van der Waals surface area contributed by atoms with Crippen molar-refractivity contribution in [3.63, 3.8) is 0 Å². The highest BCUT2D eigenvalue weighted by Gasteiger charge is 2.19. The van der Waals surface area contributed by atoms with Gasteiger partial charge < -0.3 is 10.5 Å². The van der Waals surface area contributed by atoms with E-state index >= 15 is 0 Å². The number of hydrogen-bond acceptors (Lipinski definition) is 4. The normalized spacial score (nSPS) is 20.2. The van der Waals surface area contributed by atoms with Crippen LogP contribution in [0.15, 0.2) is 18.3 Å².